The summed E-state index contributed by atoms with van der Waals surface area (Å²) >= 11 is 7.34. The first kappa shape index (κ1) is 11.3. The minimum Gasteiger partial charge on any atom is -0.282 e. The van der Waals surface area contributed by atoms with Crippen LogP contribution in [0.1, 0.15) is 5.56 Å². The number of nitrogens with zero attached hydrogens (tertiary/aromatic N) is 1. The zero-order chi connectivity index (χ0) is 11.4. The number of hydrogen-bond donors (Lipinski definition) is 1. The topological polar surface area (TPSA) is 24.1 Å². The minimum absolute atomic E-state index is 0.318. The van der Waals surface area contributed by atoms with Crippen molar-refractivity contribution in [3.63, 3.8) is 0 Å². The van der Waals surface area contributed by atoms with Gasteiger partial charge in [0.05, 0.1) is 0 Å². The van der Waals surface area contributed by atoms with E-state index in [1.54, 1.807) is 17.8 Å². The Morgan fingerprint density at radius 3 is 2.56 bits per heavy atom. The average Bonchev–Trinajstić information content (AvgIpc) is 2.32. The van der Waals surface area contributed by atoms with Crippen LogP contribution >= 0.6 is 23.4 Å². The molecule has 1 heterocycles. The van der Waals surface area contributed by atoms with Crippen LogP contribution in [0.2, 0.25) is 5.15 Å². The summed E-state index contributed by atoms with van der Waals surface area (Å²) in [7, 11) is 0. The van der Waals surface area contributed by atoms with E-state index in [2.05, 4.69) is 12.1 Å². The fraction of sp³-hybridized carbons (Fsp3) is 0.0833. The molecule has 0 spiro atoms. The second-order valence-corrected chi connectivity index (χ2v) is 4.66. The number of aromatic nitrogens is 1. The van der Waals surface area contributed by atoms with Crippen LogP contribution in [0.15, 0.2) is 53.6 Å². The lowest BCUT2D eigenvalue weighted by molar-refractivity contribution is -0.930. The van der Waals surface area contributed by atoms with Gasteiger partial charge in [-0.15, -0.1) is 0 Å². The Bertz CT molecular complexity index is 476. The first-order valence-corrected chi connectivity index (χ1v) is 6.20. The van der Waals surface area contributed by atoms with Crippen molar-refractivity contribution in [3.05, 3.63) is 59.2 Å². The Hall–Kier alpha value is -1.19. The lowest BCUT2D eigenvalue weighted by Gasteiger charge is -1.98. The maximum atomic E-state index is 9.64. The van der Waals surface area contributed by atoms with Gasteiger partial charge in [-0.3, -0.25) is 5.21 Å². The van der Waals surface area contributed by atoms with Gasteiger partial charge in [0, 0.05) is 22.6 Å². The molecule has 1 aromatic carbocycles. The maximum absolute atomic E-state index is 9.64. The van der Waals surface area contributed by atoms with Crippen molar-refractivity contribution < 1.29 is 9.94 Å². The smallest absolute Gasteiger partial charge is 0.282 e. The SMILES string of the molecule is O[n+]1c(Cl)cccc1SCc1ccccc1. The zero-order valence-corrected chi connectivity index (χ0v) is 10.1. The molecule has 82 valence electrons. The van der Waals surface area contributed by atoms with Gasteiger partial charge in [-0.1, -0.05) is 30.3 Å². The van der Waals surface area contributed by atoms with Gasteiger partial charge in [0.1, 0.15) is 0 Å². The third kappa shape index (κ3) is 2.68. The molecule has 16 heavy (non-hydrogen) atoms. The normalized spacial score (nSPS) is 10.3. The highest BCUT2D eigenvalue weighted by molar-refractivity contribution is 7.98. The van der Waals surface area contributed by atoms with Gasteiger partial charge in [-0.25, -0.2) is 0 Å². The highest BCUT2D eigenvalue weighted by Crippen LogP contribution is 2.20. The number of benzene rings is 1. The molecule has 0 radical (unpaired) electrons. The Labute approximate surface area is 103 Å². The monoisotopic (exact) mass is 252 g/mol. The van der Waals surface area contributed by atoms with E-state index in [-0.39, 0.29) is 0 Å². The summed E-state index contributed by atoms with van der Waals surface area (Å²) in [6, 6.07) is 15.4. The molecule has 0 unspecified atom stereocenters. The van der Waals surface area contributed by atoms with Gasteiger partial charge >= 0.3 is 5.15 Å². The van der Waals surface area contributed by atoms with Gasteiger partial charge in [0.2, 0.25) is 0 Å². The molecule has 1 aromatic heterocycles. The molecule has 2 nitrogen and oxygen atoms in total. The van der Waals surface area contributed by atoms with Crippen molar-refractivity contribution >= 4 is 23.4 Å². The summed E-state index contributed by atoms with van der Waals surface area (Å²) in [6.07, 6.45) is 0. The summed E-state index contributed by atoms with van der Waals surface area (Å²) in [5.41, 5.74) is 1.22. The van der Waals surface area contributed by atoms with E-state index < -0.39 is 0 Å². The van der Waals surface area contributed by atoms with Gasteiger partial charge < -0.3 is 0 Å². The standard InChI is InChI=1S/C12H11ClNOS/c13-11-7-4-8-12(14(11)15)16-9-10-5-2-1-3-6-10/h1-8,15H,9H2/q+1. The molecular weight excluding hydrogens is 242 g/mol. The van der Waals surface area contributed by atoms with Gasteiger partial charge in [-0.05, 0) is 35.0 Å². The molecule has 0 aliphatic carbocycles. The van der Waals surface area contributed by atoms with E-state index in [4.69, 9.17) is 11.6 Å². The lowest BCUT2D eigenvalue weighted by atomic mass is 10.2. The van der Waals surface area contributed by atoms with E-state index in [0.29, 0.717) is 5.15 Å². The van der Waals surface area contributed by atoms with E-state index in [0.717, 1.165) is 15.5 Å². The van der Waals surface area contributed by atoms with E-state index >= 15 is 0 Å². The Morgan fingerprint density at radius 1 is 1.06 bits per heavy atom. The molecule has 0 atom stereocenters. The predicted molar refractivity (Wildman–Crippen MR) is 64.8 cm³/mol. The molecule has 0 fully saturated rings. The molecule has 0 aliphatic rings. The second kappa shape index (κ2) is 5.23. The maximum Gasteiger partial charge on any atom is 0.326 e. The highest BCUT2D eigenvalue weighted by Gasteiger charge is 2.14. The van der Waals surface area contributed by atoms with Crippen LogP contribution in [-0.2, 0) is 5.75 Å². The molecule has 0 amide bonds. The number of halogens is 1. The van der Waals surface area contributed by atoms with Gasteiger partial charge in [-0.2, -0.15) is 0 Å². The van der Waals surface area contributed by atoms with Crippen molar-refractivity contribution in [3.8, 4) is 0 Å². The van der Waals surface area contributed by atoms with Gasteiger partial charge in [0.25, 0.3) is 5.03 Å². The average molecular weight is 253 g/mol. The predicted octanol–water partition coefficient (Wildman–Crippen LogP) is 3.16. The first-order valence-electron chi connectivity index (χ1n) is 4.84. The number of thioether (sulfide) groups is 1. The first-order chi connectivity index (χ1) is 7.77. The number of rotatable bonds is 3. The highest BCUT2D eigenvalue weighted by atomic mass is 35.5. The number of pyridine rings is 1. The van der Waals surface area contributed by atoms with Crippen LogP contribution in [0, 0.1) is 0 Å². The molecule has 1 N–H and O–H groups in total. The van der Waals surface area contributed by atoms with Crippen molar-refractivity contribution in [1.82, 2.24) is 0 Å². The molecule has 0 saturated heterocycles. The largest absolute Gasteiger partial charge is 0.326 e. The van der Waals surface area contributed by atoms with Crippen LogP contribution in [0.5, 0.6) is 0 Å². The number of hydrogen-bond acceptors (Lipinski definition) is 2. The zero-order valence-electron chi connectivity index (χ0n) is 8.51. The summed E-state index contributed by atoms with van der Waals surface area (Å²) in [5.74, 6) is 0.807. The van der Waals surface area contributed by atoms with Crippen molar-refractivity contribution in [2.24, 2.45) is 0 Å². The minimum atomic E-state index is 0.318. The fourth-order valence-corrected chi connectivity index (χ4v) is 2.41. The summed E-state index contributed by atoms with van der Waals surface area (Å²) in [6.45, 7) is 0. The third-order valence-corrected chi connectivity index (χ3v) is 3.48. The van der Waals surface area contributed by atoms with E-state index in [1.165, 1.54) is 5.56 Å². The fourth-order valence-electron chi connectivity index (χ4n) is 1.30. The van der Waals surface area contributed by atoms with Crippen molar-refractivity contribution in [2.75, 3.05) is 0 Å². The molecule has 2 aromatic rings. The third-order valence-electron chi connectivity index (χ3n) is 2.11. The van der Waals surface area contributed by atoms with Gasteiger partial charge in [0.15, 0.2) is 0 Å². The van der Waals surface area contributed by atoms with E-state index in [1.807, 2.05) is 30.3 Å². The van der Waals surface area contributed by atoms with Crippen LogP contribution in [0.4, 0.5) is 0 Å². The molecule has 2 rings (SSSR count). The Balaban J connectivity index is 2.08. The quantitative estimate of drug-likeness (QED) is 0.393. The van der Waals surface area contributed by atoms with Crippen molar-refractivity contribution in [1.29, 1.82) is 0 Å². The second-order valence-electron chi connectivity index (χ2n) is 3.27. The molecule has 0 bridgehead atoms. The van der Waals surface area contributed by atoms with Crippen molar-refractivity contribution in [2.45, 2.75) is 10.8 Å². The summed E-state index contributed by atoms with van der Waals surface area (Å²) in [5, 5.41) is 10.7. The molecule has 0 aliphatic heterocycles. The van der Waals surface area contributed by atoms with Crippen LogP contribution in [0.3, 0.4) is 0 Å². The van der Waals surface area contributed by atoms with Crippen LogP contribution in [0.25, 0.3) is 0 Å². The Kier molecular flexibility index (Phi) is 3.70. The Morgan fingerprint density at radius 2 is 1.81 bits per heavy atom. The van der Waals surface area contributed by atoms with E-state index in [9.17, 15) is 5.21 Å². The molecular formula is C12H11ClNOS+. The van der Waals surface area contributed by atoms with Crippen LogP contribution in [-0.4, -0.2) is 5.21 Å². The lowest BCUT2D eigenvalue weighted by Crippen LogP contribution is -2.33. The summed E-state index contributed by atoms with van der Waals surface area (Å²) < 4.78 is 0.995. The summed E-state index contributed by atoms with van der Waals surface area (Å²) in [4.78, 5) is 0. The van der Waals surface area contributed by atoms with Crippen LogP contribution < -0.4 is 4.73 Å². The molecule has 4 heteroatoms. The molecule has 0 saturated carbocycles.